The molecule has 1 aliphatic heterocycles. The van der Waals surface area contributed by atoms with Crippen molar-refractivity contribution in [1.82, 2.24) is 14.8 Å². The van der Waals surface area contributed by atoms with Crippen molar-refractivity contribution < 1.29 is 14.3 Å². The molecule has 1 saturated heterocycles. The number of hydrogen-bond acceptors (Lipinski definition) is 3. The molecule has 31 heavy (non-hydrogen) atoms. The predicted molar refractivity (Wildman–Crippen MR) is 122 cm³/mol. The van der Waals surface area contributed by atoms with Crippen molar-refractivity contribution >= 4 is 22.7 Å². The van der Waals surface area contributed by atoms with E-state index in [1.54, 1.807) is 4.90 Å². The van der Waals surface area contributed by atoms with Crippen LogP contribution in [0.1, 0.15) is 32.7 Å². The maximum absolute atomic E-state index is 13.0. The van der Waals surface area contributed by atoms with Gasteiger partial charge in [-0.25, -0.2) is 0 Å². The van der Waals surface area contributed by atoms with E-state index >= 15 is 0 Å². The number of piperazine rings is 1. The Hall–Kier alpha value is -3.28. The third-order valence-corrected chi connectivity index (χ3v) is 6.40. The van der Waals surface area contributed by atoms with Gasteiger partial charge in [0.15, 0.2) is 6.61 Å². The van der Waals surface area contributed by atoms with E-state index in [2.05, 4.69) is 24.9 Å². The maximum atomic E-state index is 13.0. The summed E-state index contributed by atoms with van der Waals surface area (Å²) in [7, 11) is 0. The minimum atomic E-state index is -0.0512. The molecule has 3 aromatic rings. The Morgan fingerprint density at radius 2 is 1.58 bits per heavy atom. The summed E-state index contributed by atoms with van der Waals surface area (Å²) in [6, 6.07) is 11.9. The van der Waals surface area contributed by atoms with Crippen LogP contribution >= 0.6 is 0 Å². The average molecular weight is 420 g/mol. The van der Waals surface area contributed by atoms with Gasteiger partial charge in [-0.1, -0.05) is 18.2 Å². The number of carbonyl (C=O) groups is 2. The second-order valence-electron chi connectivity index (χ2n) is 8.31. The molecule has 6 nitrogen and oxygen atoms in total. The summed E-state index contributed by atoms with van der Waals surface area (Å²) in [5.74, 6) is 0.670. The Bertz CT molecular complexity index is 1140. The third kappa shape index (κ3) is 4.15. The lowest BCUT2D eigenvalue weighted by Crippen LogP contribution is -2.51. The largest absolute Gasteiger partial charge is 0.483 e. The van der Waals surface area contributed by atoms with Gasteiger partial charge in [-0.3, -0.25) is 9.59 Å². The number of aromatic nitrogens is 1. The van der Waals surface area contributed by atoms with E-state index in [-0.39, 0.29) is 18.4 Å². The number of nitrogens with one attached hydrogen (secondary N) is 1. The number of benzene rings is 2. The first-order valence-electron chi connectivity index (χ1n) is 10.7. The Kier molecular flexibility index (Phi) is 5.72. The molecular formula is C25H29N3O3. The van der Waals surface area contributed by atoms with Gasteiger partial charge in [0, 0.05) is 37.1 Å². The fourth-order valence-corrected chi connectivity index (χ4v) is 4.01. The highest BCUT2D eigenvalue weighted by molar-refractivity contribution is 5.99. The van der Waals surface area contributed by atoms with Gasteiger partial charge in [-0.15, -0.1) is 0 Å². The standard InChI is InChI=1S/C25H29N3O3/c1-16-6-5-7-23(19(16)4)31-15-24(29)27-10-12-28(13-11-27)25(30)22-14-20-18(3)17(2)8-9-21(20)26-22/h5-9,14,26H,10-13,15H2,1-4H3. The number of amides is 2. The monoisotopic (exact) mass is 419 g/mol. The van der Waals surface area contributed by atoms with Crippen LogP contribution < -0.4 is 4.74 Å². The first-order chi connectivity index (χ1) is 14.8. The zero-order chi connectivity index (χ0) is 22.1. The van der Waals surface area contributed by atoms with E-state index in [1.807, 2.05) is 49.1 Å². The van der Waals surface area contributed by atoms with Crippen LogP contribution in [0, 0.1) is 27.7 Å². The van der Waals surface area contributed by atoms with E-state index in [9.17, 15) is 9.59 Å². The zero-order valence-electron chi connectivity index (χ0n) is 18.6. The summed E-state index contributed by atoms with van der Waals surface area (Å²) in [5.41, 5.74) is 6.16. The van der Waals surface area contributed by atoms with Crippen LogP contribution in [0.25, 0.3) is 10.9 Å². The maximum Gasteiger partial charge on any atom is 0.270 e. The Balaban J connectivity index is 1.35. The number of aromatic amines is 1. The van der Waals surface area contributed by atoms with Crippen LogP contribution in [0.2, 0.25) is 0 Å². The lowest BCUT2D eigenvalue weighted by Gasteiger charge is -2.34. The van der Waals surface area contributed by atoms with Crippen molar-refractivity contribution in [3.63, 3.8) is 0 Å². The van der Waals surface area contributed by atoms with Crippen molar-refractivity contribution in [2.75, 3.05) is 32.8 Å². The van der Waals surface area contributed by atoms with E-state index in [4.69, 9.17) is 4.74 Å². The quantitative estimate of drug-likeness (QED) is 0.700. The minimum Gasteiger partial charge on any atom is -0.483 e. The molecule has 0 atom stereocenters. The Morgan fingerprint density at radius 1 is 0.903 bits per heavy atom. The Morgan fingerprint density at radius 3 is 2.32 bits per heavy atom. The van der Waals surface area contributed by atoms with Gasteiger partial charge in [-0.2, -0.15) is 0 Å². The number of hydrogen-bond donors (Lipinski definition) is 1. The SMILES string of the molecule is Cc1cccc(OCC(=O)N2CCN(C(=O)c3cc4c(C)c(C)ccc4[nH]3)CC2)c1C. The number of rotatable bonds is 4. The van der Waals surface area contributed by atoms with Crippen LogP contribution in [0.15, 0.2) is 36.4 Å². The lowest BCUT2D eigenvalue weighted by molar-refractivity contribution is -0.134. The fourth-order valence-electron chi connectivity index (χ4n) is 4.01. The van der Waals surface area contributed by atoms with Gasteiger partial charge in [0.25, 0.3) is 11.8 Å². The highest BCUT2D eigenvalue weighted by Gasteiger charge is 2.26. The van der Waals surface area contributed by atoms with Gasteiger partial charge in [0.1, 0.15) is 11.4 Å². The molecule has 0 saturated carbocycles. The molecule has 0 radical (unpaired) electrons. The molecule has 1 fully saturated rings. The molecule has 2 aromatic carbocycles. The molecule has 6 heteroatoms. The van der Waals surface area contributed by atoms with Gasteiger partial charge in [0.05, 0.1) is 0 Å². The number of H-pyrrole nitrogens is 1. The zero-order valence-corrected chi connectivity index (χ0v) is 18.6. The summed E-state index contributed by atoms with van der Waals surface area (Å²) in [6.45, 7) is 10.2. The topological polar surface area (TPSA) is 65.6 Å². The molecule has 162 valence electrons. The number of fused-ring (bicyclic) bond motifs is 1. The summed E-state index contributed by atoms with van der Waals surface area (Å²) in [5, 5.41) is 1.08. The van der Waals surface area contributed by atoms with Crippen molar-refractivity contribution in [1.29, 1.82) is 0 Å². The first kappa shape index (κ1) is 21.0. The minimum absolute atomic E-state index is 0.0128. The number of carbonyl (C=O) groups excluding carboxylic acids is 2. The summed E-state index contributed by atoms with van der Waals surface area (Å²) >= 11 is 0. The molecule has 0 spiro atoms. The van der Waals surface area contributed by atoms with Crippen molar-refractivity contribution in [2.24, 2.45) is 0 Å². The van der Waals surface area contributed by atoms with Gasteiger partial charge < -0.3 is 19.5 Å². The third-order valence-electron chi connectivity index (χ3n) is 6.40. The van der Waals surface area contributed by atoms with Gasteiger partial charge >= 0.3 is 0 Å². The average Bonchev–Trinajstić information content (AvgIpc) is 3.22. The van der Waals surface area contributed by atoms with Crippen molar-refractivity contribution in [3.05, 3.63) is 64.3 Å². The van der Waals surface area contributed by atoms with Gasteiger partial charge in [-0.05, 0) is 68.1 Å². The summed E-state index contributed by atoms with van der Waals surface area (Å²) in [6.07, 6.45) is 0. The van der Waals surface area contributed by atoms with E-state index < -0.39 is 0 Å². The molecule has 2 amide bonds. The molecule has 0 bridgehead atoms. The van der Waals surface area contributed by atoms with Gasteiger partial charge in [0.2, 0.25) is 0 Å². The van der Waals surface area contributed by atoms with Crippen molar-refractivity contribution in [3.8, 4) is 5.75 Å². The van der Waals surface area contributed by atoms with E-state index in [1.165, 1.54) is 11.1 Å². The van der Waals surface area contributed by atoms with E-state index in [0.717, 1.165) is 27.8 Å². The van der Waals surface area contributed by atoms with Crippen molar-refractivity contribution in [2.45, 2.75) is 27.7 Å². The summed E-state index contributed by atoms with van der Waals surface area (Å²) in [4.78, 5) is 32.4. The Labute approximate surface area is 182 Å². The smallest absolute Gasteiger partial charge is 0.270 e. The van der Waals surface area contributed by atoms with Crippen LogP contribution in [0.5, 0.6) is 5.75 Å². The molecule has 1 aromatic heterocycles. The molecule has 0 unspecified atom stereocenters. The van der Waals surface area contributed by atoms with Crippen LogP contribution in [-0.2, 0) is 4.79 Å². The number of aryl methyl sites for hydroxylation is 3. The molecule has 1 aliphatic rings. The second kappa shape index (κ2) is 8.46. The molecular weight excluding hydrogens is 390 g/mol. The number of ether oxygens (including phenoxy) is 1. The molecule has 1 N–H and O–H groups in total. The van der Waals surface area contributed by atoms with Crippen LogP contribution in [0.3, 0.4) is 0 Å². The molecule has 0 aliphatic carbocycles. The predicted octanol–water partition coefficient (Wildman–Crippen LogP) is 3.76. The number of nitrogens with zero attached hydrogens (tertiary/aromatic N) is 2. The van der Waals surface area contributed by atoms with Crippen LogP contribution in [-0.4, -0.2) is 59.4 Å². The highest BCUT2D eigenvalue weighted by Crippen LogP contribution is 2.24. The van der Waals surface area contributed by atoms with E-state index in [0.29, 0.717) is 31.9 Å². The first-order valence-corrected chi connectivity index (χ1v) is 10.7. The fraction of sp³-hybridized carbons (Fsp3) is 0.360. The second-order valence-corrected chi connectivity index (χ2v) is 8.31. The molecule has 2 heterocycles. The van der Waals surface area contributed by atoms with Crippen LogP contribution in [0.4, 0.5) is 0 Å². The highest BCUT2D eigenvalue weighted by atomic mass is 16.5. The normalized spacial score (nSPS) is 14.2. The summed E-state index contributed by atoms with van der Waals surface area (Å²) < 4.78 is 5.75. The lowest BCUT2D eigenvalue weighted by atomic mass is 10.1. The molecule has 4 rings (SSSR count).